The first kappa shape index (κ1) is 20.7. The fourth-order valence-corrected chi connectivity index (χ4v) is 3.73. The second-order valence-electron chi connectivity index (χ2n) is 6.56. The molecular formula is C21H21ClN4O2S. The molecule has 4 aromatic rings. The zero-order valence-electron chi connectivity index (χ0n) is 15.9. The van der Waals surface area contributed by atoms with E-state index in [4.69, 9.17) is 4.98 Å². The van der Waals surface area contributed by atoms with Crippen molar-refractivity contribution in [2.75, 3.05) is 28.7 Å². The van der Waals surface area contributed by atoms with E-state index < -0.39 is 10.0 Å². The van der Waals surface area contributed by atoms with Gasteiger partial charge in [-0.05, 0) is 48.5 Å². The van der Waals surface area contributed by atoms with Crippen LogP contribution in [-0.4, -0.2) is 26.7 Å². The van der Waals surface area contributed by atoms with E-state index in [1.807, 2.05) is 61.6 Å². The number of hydrogen-bond acceptors (Lipinski definition) is 5. The summed E-state index contributed by atoms with van der Waals surface area (Å²) in [5.41, 5.74) is 5.14. The summed E-state index contributed by atoms with van der Waals surface area (Å²) in [4.78, 5) is 4.79. The van der Waals surface area contributed by atoms with Crippen molar-refractivity contribution in [2.24, 2.45) is 0 Å². The van der Waals surface area contributed by atoms with Crippen LogP contribution in [0.15, 0.2) is 66.7 Å². The van der Waals surface area contributed by atoms with Crippen molar-refractivity contribution >= 4 is 67.0 Å². The Bertz CT molecular complexity index is 1280. The zero-order chi connectivity index (χ0) is 19.7. The van der Waals surface area contributed by atoms with E-state index >= 15 is 0 Å². The fourth-order valence-electron chi connectivity index (χ4n) is 3.16. The number of pyridine rings is 1. The Morgan fingerprint density at radius 1 is 0.793 bits per heavy atom. The van der Waals surface area contributed by atoms with Crippen molar-refractivity contribution in [1.82, 2.24) is 4.98 Å². The summed E-state index contributed by atoms with van der Waals surface area (Å²) in [5.74, 6) is 0. The highest BCUT2D eigenvalue weighted by Gasteiger charge is 2.10. The van der Waals surface area contributed by atoms with Crippen molar-refractivity contribution in [1.29, 1.82) is 0 Å². The summed E-state index contributed by atoms with van der Waals surface area (Å²) >= 11 is 0. The number of nitrogens with one attached hydrogen (secondary N) is 3. The smallest absolute Gasteiger partial charge is 0.229 e. The monoisotopic (exact) mass is 428 g/mol. The van der Waals surface area contributed by atoms with Gasteiger partial charge in [-0.2, -0.15) is 0 Å². The fraction of sp³-hybridized carbons (Fsp3) is 0.0952. The number of para-hydroxylation sites is 1. The van der Waals surface area contributed by atoms with Gasteiger partial charge in [-0.15, -0.1) is 12.4 Å². The first-order chi connectivity index (χ1) is 13.4. The molecule has 0 aliphatic carbocycles. The minimum absolute atomic E-state index is 0. The lowest BCUT2D eigenvalue weighted by atomic mass is 10.1. The highest BCUT2D eigenvalue weighted by molar-refractivity contribution is 7.92. The van der Waals surface area contributed by atoms with E-state index in [1.165, 1.54) is 0 Å². The van der Waals surface area contributed by atoms with Gasteiger partial charge in [-0.3, -0.25) is 4.72 Å². The predicted molar refractivity (Wildman–Crippen MR) is 124 cm³/mol. The summed E-state index contributed by atoms with van der Waals surface area (Å²) in [6.45, 7) is 0. The van der Waals surface area contributed by atoms with Gasteiger partial charge in [0.05, 0.1) is 23.0 Å². The highest BCUT2D eigenvalue weighted by atomic mass is 35.5. The van der Waals surface area contributed by atoms with Crippen LogP contribution in [0.3, 0.4) is 0 Å². The van der Waals surface area contributed by atoms with Crippen molar-refractivity contribution in [3.63, 3.8) is 0 Å². The molecule has 8 heteroatoms. The van der Waals surface area contributed by atoms with Crippen LogP contribution in [-0.2, 0) is 10.0 Å². The van der Waals surface area contributed by atoms with Gasteiger partial charge < -0.3 is 10.6 Å². The van der Waals surface area contributed by atoms with Gasteiger partial charge in [0, 0.05) is 34.9 Å². The lowest BCUT2D eigenvalue weighted by molar-refractivity contribution is 0.607. The number of fused-ring (bicyclic) bond motifs is 2. The average Bonchev–Trinajstić information content (AvgIpc) is 2.67. The SMILES string of the molecule is CNc1ccc2c(Nc3ccc(NS(C)(=O)=O)cc3)c3ccccc3nc2c1.Cl. The zero-order valence-corrected chi connectivity index (χ0v) is 17.6. The average molecular weight is 429 g/mol. The minimum atomic E-state index is -3.30. The van der Waals surface area contributed by atoms with Gasteiger partial charge in [0.15, 0.2) is 0 Å². The van der Waals surface area contributed by atoms with Crippen LogP contribution < -0.4 is 15.4 Å². The molecule has 4 rings (SSSR count). The first-order valence-corrected chi connectivity index (χ1v) is 10.7. The molecule has 0 atom stereocenters. The topological polar surface area (TPSA) is 83.1 Å². The Balaban J connectivity index is 0.00000240. The van der Waals surface area contributed by atoms with Gasteiger partial charge in [-0.1, -0.05) is 18.2 Å². The lowest BCUT2D eigenvalue weighted by Gasteiger charge is -2.14. The molecule has 0 saturated heterocycles. The van der Waals surface area contributed by atoms with Crippen LogP contribution >= 0.6 is 12.4 Å². The molecule has 0 aliphatic heterocycles. The van der Waals surface area contributed by atoms with Crippen LogP contribution in [0, 0.1) is 0 Å². The number of rotatable bonds is 5. The third-order valence-corrected chi connectivity index (χ3v) is 5.03. The Labute approximate surface area is 175 Å². The number of halogens is 1. The van der Waals surface area contributed by atoms with Gasteiger partial charge in [-0.25, -0.2) is 13.4 Å². The van der Waals surface area contributed by atoms with Crippen molar-refractivity contribution in [2.45, 2.75) is 0 Å². The van der Waals surface area contributed by atoms with Crippen molar-refractivity contribution in [3.8, 4) is 0 Å². The Hall–Kier alpha value is -3.03. The molecule has 1 heterocycles. The summed E-state index contributed by atoms with van der Waals surface area (Å²) in [6.07, 6.45) is 1.13. The molecule has 0 fully saturated rings. The number of anilines is 4. The summed E-state index contributed by atoms with van der Waals surface area (Å²) in [6, 6.07) is 21.2. The maximum Gasteiger partial charge on any atom is 0.229 e. The first-order valence-electron chi connectivity index (χ1n) is 8.78. The van der Waals surface area contributed by atoms with Gasteiger partial charge in [0.1, 0.15) is 0 Å². The standard InChI is InChI=1S/C21H20N4O2S.ClH/c1-22-16-11-12-18-20(13-16)24-19-6-4-3-5-17(19)21(18)23-14-7-9-15(10-8-14)25-28(2,26)27;/h3-13,22,25H,1-2H3,(H,23,24);1H. The Morgan fingerprint density at radius 2 is 1.41 bits per heavy atom. The number of hydrogen-bond donors (Lipinski definition) is 3. The molecule has 3 aromatic carbocycles. The Morgan fingerprint density at radius 3 is 2.10 bits per heavy atom. The van der Waals surface area contributed by atoms with Gasteiger partial charge in [0.25, 0.3) is 0 Å². The third kappa shape index (κ3) is 4.52. The molecule has 0 spiro atoms. The molecular weight excluding hydrogens is 408 g/mol. The Kier molecular flexibility index (Phi) is 5.81. The van der Waals surface area contributed by atoms with E-state index in [0.29, 0.717) is 5.69 Å². The van der Waals surface area contributed by atoms with Crippen LogP contribution in [0.1, 0.15) is 0 Å². The molecule has 0 radical (unpaired) electrons. The number of benzene rings is 3. The van der Waals surface area contributed by atoms with E-state index in [0.717, 1.165) is 45.1 Å². The van der Waals surface area contributed by atoms with Crippen molar-refractivity contribution < 1.29 is 8.42 Å². The van der Waals surface area contributed by atoms with Crippen LogP contribution in [0.4, 0.5) is 22.7 Å². The maximum atomic E-state index is 11.4. The van der Waals surface area contributed by atoms with E-state index in [2.05, 4.69) is 15.4 Å². The molecule has 150 valence electrons. The molecule has 29 heavy (non-hydrogen) atoms. The molecule has 1 aromatic heterocycles. The molecule has 0 aliphatic rings. The van der Waals surface area contributed by atoms with Crippen LogP contribution in [0.5, 0.6) is 0 Å². The quantitative estimate of drug-likeness (QED) is 0.391. The van der Waals surface area contributed by atoms with E-state index in [-0.39, 0.29) is 12.4 Å². The van der Waals surface area contributed by atoms with Gasteiger partial charge in [0.2, 0.25) is 10.0 Å². The van der Waals surface area contributed by atoms with Gasteiger partial charge >= 0.3 is 0 Å². The lowest BCUT2D eigenvalue weighted by Crippen LogP contribution is -2.09. The predicted octanol–water partition coefficient (Wildman–Crippen LogP) is 4.97. The van der Waals surface area contributed by atoms with Crippen LogP contribution in [0.25, 0.3) is 21.8 Å². The molecule has 0 unspecified atom stereocenters. The molecule has 0 saturated carbocycles. The normalized spacial score (nSPS) is 11.1. The van der Waals surface area contributed by atoms with Crippen LogP contribution in [0.2, 0.25) is 0 Å². The molecule has 3 N–H and O–H groups in total. The number of nitrogens with zero attached hydrogens (tertiary/aromatic N) is 1. The maximum absolute atomic E-state index is 11.4. The minimum Gasteiger partial charge on any atom is -0.388 e. The number of sulfonamides is 1. The molecule has 6 nitrogen and oxygen atoms in total. The molecule has 0 bridgehead atoms. The number of aromatic nitrogens is 1. The van der Waals surface area contributed by atoms with E-state index in [1.54, 1.807) is 12.1 Å². The summed E-state index contributed by atoms with van der Waals surface area (Å²) < 4.78 is 25.2. The second-order valence-corrected chi connectivity index (χ2v) is 8.31. The largest absolute Gasteiger partial charge is 0.388 e. The van der Waals surface area contributed by atoms with E-state index in [9.17, 15) is 8.42 Å². The molecule has 0 amide bonds. The second kappa shape index (κ2) is 8.14. The third-order valence-electron chi connectivity index (χ3n) is 4.43. The summed E-state index contributed by atoms with van der Waals surface area (Å²) in [7, 11) is -1.42. The highest BCUT2D eigenvalue weighted by Crippen LogP contribution is 2.34. The van der Waals surface area contributed by atoms with Crippen molar-refractivity contribution in [3.05, 3.63) is 66.7 Å². The summed E-state index contributed by atoms with van der Waals surface area (Å²) in [5, 5.41) is 8.65.